The molecule has 0 aliphatic carbocycles. The van der Waals surface area contributed by atoms with Crippen molar-refractivity contribution in [2.75, 3.05) is 19.0 Å². The lowest BCUT2D eigenvalue weighted by Crippen LogP contribution is -2.30. The first kappa shape index (κ1) is 21.4. The van der Waals surface area contributed by atoms with Crippen molar-refractivity contribution >= 4 is 23.4 Å². The highest BCUT2D eigenvalue weighted by Crippen LogP contribution is 2.34. The number of ether oxygens (including phenoxy) is 1. The highest BCUT2D eigenvalue weighted by molar-refractivity contribution is 5.83. The largest absolute Gasteiger partial charge is 0.457 e. The van der Waals surface area contributed by atoms with Crippen LogP contribution in [0.4, 0.5) is 5.69 Å². The van der Waals surface area contributed by atoms with Gasteiger partial charge in [0.25, 0.3) is 0 Å². The minimum absolute atomic E-state index is 0.834. The minimum atomic E-state index is 0.834. The molecule has 0 unspecified atom stereocenters. The van der Waals surface area contributed by atoms with E-state index in [1.165, 1.54) is 11.3 Å². The summed E-state index contributed by atoms with van der Waals surface area (Å²) in [5.74, 6) is 1.71. The number of hydrogen-bond acceptors (Lipinski definition) is 2. The molecule has 3 aromatic rings. The van der Waals surface area contributed by atoms with Crippen LogP contribution in [0.3, 0.4) is 0 Å². The number of pyridine rings is 1. The number of fused-ring (bicyclic) bond motifs is 1. The van der Waals surface area contributed by atoms with Crippen LogP contribution in [0, 0.1) is 0 Å². The molecule has 3 heteroatoms. The molecule has 0 radical (unpaired) electrons. The Labute approximate surface area is 190 Å². The highest BCUT2D eigenvalue weighted by Gasteiger charge is 2.14. The molecule has 0 fully saturated rings. The Bertz CT molecular complexity index is 1180. The van der Waals surface area contributed by atoms with Crippen molar-refractivity contribution in [1.82, 2.24) is 0 Å². The molecular weight excluding hydrogens is 392 g/mol. The fourth-order valence-electron chi connectivity index (χ4n) is 3.54. The number of rotatable bonds is 6. The molecule has 0 amide bonds. The van der Waals surface area contributed by atoms with Gasteiger partial charge in [0, 0.05) is 37.5 Å². The van der Waals surface area contributed by atoms with Crippen LogP contribution in [0.2, 0.25) is 0 Å². The summed E-state index contributed by atoms with van der Waals surface area (Å²) in [6, 6.07) is 20.9. The molecule has 2 heterocycles. The number of aromatic nitrogens is 1. The number of benzene rings is 2. The summed E-state index contributed by atoms with van der Waals surface area (Å²) in [4.78, 5) is 2.10. The van der Waals surface area contributed by atoms with Gasteiger partial charge in [0.2, 0.25) is 0 Å². The molecule has 0 saturated heterocycles. The van der Waals surface area contributed by atoms with Gasteiger partial charge in [-0.15, -0.1) is 0 Å². The number of para-hydroxylation sites is 1. The molecule has 32 heavy (non-hydrogen) atoms. The second kappa shape index (κ2) is 9.97. The highest BCUT2D eigenvalue weighted by atomic mass is 16.5. The maximum absolute atomic E-state index is 6.15. The van der Waals surface area contributed by atoms with Gasteiger partial charge in [-0.2, -0.15) is 0 Å². The van der Waals surface area contributed by atoms with Gasteiger partial charge in [0.05, 0.1) is 0 Å². The Morgan fingerprint density at radius 3 is 2.28 bits per heavy atom. The number of hydrogen-bond donors (Lipinski definition) is 0. The van der Waals surface area contributed by atoms with Crippen LogP contribution in [-0.4, -0.2) is 14.1 Å². The zero-order chi connectivity index (χ0) is 22.3. The average Bonchev–Trinajstić information content (AvgIpc) is 2.82. The number of allylic oxidation sites excluding steroid dienone is 5. The van der Waals surface area contributed by atoms with Crippen molar-refractivity contribution in [3.8, 4) is 5.75 Å². The number of nitrogens with zero attached hydrogens (tertiary/aromatic N) is 2. The Balaban J connectivity index is 1.56. The van der Waals surface area contributed by atoms with E-state index in [2.05, 4.69) is 122 Å². The lowest BCUT2D eigenvalue weighted by atomic mass is 10.0. The van der Waals surface area contributed by atoms with Gasteiger partial charge in [0.1, 0.15) is 18.1 Å². The summed E-state index contributed by atoms with van der Waals surface area (Å²) in [6.07, 6.45) is 16.8. The smallest absolute Gasteiger partial charge is 0.169 e. The van der Waals surface area contributed by atoms with Gasteiger partial charge in [-0.1, -0.05) is 54.6 Å². The molecule has 1 aromatic heterocycles. The second-order valence-electron chi connectivity index (χ2n) is 7.91. The van der Waals surface area contributed by atoms with E-state index >= 15 is 0 Å². The number of anilines is 1. The summed E-state index contributed by atoms with van der Waals surface area (Å²) in [7, 11) is 4.10. The Morgan fingerprint density at radius 1 is 0.844 bits per heavy atom. The summed E-state index contributed by atoms with van der Waals surface area (Å²) in [5.41, 5.74) is 5.72. The van der Waals surface area contributed by atoms with E-state index in [1.54, 1.807) is 0 Å². The third-order valence-corrected chi connectivity index (χ3v) is 5.40. The predicted octanol–water partition coefficient (Wildman–Crippen LogP) is 6.15. The van der Waals surface area contributed by atoms with Crippen LogP contribution < -0.4 is 14.2 Å². The molecule has 1 aliphatic heterocycles. The first-order chi connectivity index (χ1) is 15.6. The summed E-state index contributed by atoms with van der Waals surface area (Å²) >= 11 is 0. The molecule has 0 atom stereocenters. The van der Waals surface area contributed by atoms with E-state index < -0.39 is 0 Å². The van der Waals surface area contributed by atoms with Crippen LogP contribution in [-0.2, 0) is 6.54 Å². The molecule has 0 saturated carbocycles. The van der Waals surface area contributed by atoms with Crippen LogP contribution in [0.25, 0.3) is 17.7 Å². The molecule has 0 N–H and O–H groups in total. The maximum atomic E-state index is 6.15. The first-order valence-corrected chi connectivity index (χ1v) is 10.9. The van der Waals surface area contributed by atoms with Gasteiger partial charge < -0.3 is 9.64 Å². The van der Waals surface area contributed by atoms with Crippen molar-refractivity contribution in [2.24, 2.45) is 0 Å². The lowest BCUT2D eigenvalue weighted by Gasteiger charge is -2.18. The molecular formula is C29H29N2O+. The van der Waals surface area contributed by atoms with Crippen LogP contribution in [0.1, 0.15) is 23.6 Å². The molecule has 0 spiro atoms. The second-order valence-corrected chi connectivity index (χ2v) is 7.91. The fourth-order valence-corrected chi connectivity index (χ4v) is 3.54. The van der Waals surface area contributed by atoms with Crippen molar-refractivity contribution in [3.05, 3.63) is 120 Å². The van der Waals surface area contributed by atoms with Crippen LogP contribution in [0.15, 0.2) is 103 Å². The van der Waals surface area contributed by atoms with Gasteiger partial charge in [-0.05, 0) is 54.0 Å². The molecule has 4 rings (SSSR count). The summed E-state index contributed by atoms with van der Waals surface area (Å²) in [5, 5.41) is 0. The van der Waals surface area contributed by atoms with Gasteiger partial charge in [-0.3, -0.25) is 0 Å². The van der Waals surface area contributed by atoms with E-state index in [-0.39, 0.29) is 0 Å². The summed E-state index contributed by atoms with van der Waals surface area (Å²) in [6.45, 7) is 3.09. The van der Waals surface area contributed by atoms with Gasteiger partial charge >= 0.3 is 0 Å². The van der Waals surface area contributed by atoms with Gasteiger partial charge in [-0.25, -0.2) is 4.57 Å². The predicted molar refractivity (Wildman–Crippen MR) is 134 cm³/mol. The SMILES string of the molecule is CC[n+]1ccc(C=C2C=C(C=CC=Cc3ccc(N(C)C)cc3)c3ccccc3O2)cc1. The fraction of sp³-hybridized carbons (Fsp3) is 0.138. The normalized spacial score (nSPS) is 14.5. The Morgan fingerprint density at radius 2 is 1.56 bits per heavy atom. The molecule has 2 aromatic carbocycles. The van der Waals surface area contributed by atoms with Crippen LogP contribution >= 0.6 is 0 Å². The van der Waals surface area contributed by atoms with Crippen molar-refractivity contribution in [3.63, 3.8) is 0 Å². The monoisotopic (exact) mass is 421 g/mol. The summed E-state index contributed by atoms with van der Waals surface area (Å²) < 4.78 is 8.29. The Hall–Kier alpha value is -3.85. The zero-order valence-electron chi connectivity index (χ0n) is 18.9. The quantitative estimate of drug-likeness (QED) is 0.351. The maximum Gasteiger partial charge on any atom is 0.169 e. The third-order valence-electron chi connectivity index (χ3n) is 5.40. The first-order valence-electron chi connectivity index (χ1n) is 10.9. The average molecular weight is 422 g/mol. The zero-order valence-corrected chi connectivity index (χ0v) is 18.9. The standard InChI is InChI=1S/C29H29N2O/c1-4-31-19-17-24(18-20-31)21-27-22-25(28-11-7-8-12-29(28)32-27)10-6-5-9-23-13-15-26(16-14-23)30(2)3/h5-22H,4H2,1-3H3/q+1. The third kappa shape index (κ3) is 5.25. The van der Waals surface area contributed by atoms with Crippen molar-refractivity contribution in [1.29, 1.82) is 0 Å². The van der Waals surface area contributed by atoms with E-state index in [0.717, 1.165) is 34.8 Å². The van der Waals surface area contributed by atoms with E-state index in [9.17, 15) is 0 Å². The molecule has 3 nitrogen and oxygen atoms in total. The van der Waals surface area contributed by atoms with E-state index in [1.807, 2.05) is 18.2 Å². The van der Waals surface area contributed by atoms with E-state index in [0.29, 0.717) is 0 Å². The van der Waals surface area contributed by atoms with Crippen molar-refractivity contribution < 1.29 is 9.30 Å². The molecule has 1 aliphatic rings. The molecule has 0 bridgehead atoms. The number of aryl methyl sites for hydroxylation is 1. The lowest BCUT2D eigenvalue weighted by molar-refractivity contribution is -0.693. The Kier molecular flexibility index (Phi) is 6.66. The van der Waals surface area contributed by atoms with Crippen LogP contribution in [0.5, 0.6) is 5.75 Å². The minimum Gasteiger partial charge on any atom is -0.457 e. The van der Waals surface area contributed by atoms with Gasteiger partial charge in [0.15, 0.2) is 12.4 Å². The topological polar surface area (TPSA) is 16.4 Å². The van der Waals surface area contributed by atoms with Crippen molar-refractivity contribution in [2.45, 2.75) is 13.5 Å². The molecule has 160 valence electrons. The van der Waals surface area contributed by atoms with E-state index in [4.69, 9.17) is 4.74 Å².